The van der Waals surface area contributed by atoms with E-state index in [1.165, 1.54) is 6.20 Å². The maximum absolute atomic E-state index is 11.8. The van der Waals surface area contributed by atoms with Crippen LogP contribution in [0.15, 0.2) is 18.3 Å². The van der Waals surface area contributed by atoms with E-state index in [0.29, 0.717) is 0 Å². The summed E-state index contributed by atoms with van der Waals surface area (Å²) in [4.78, 5) is 3.69. The van der Waals surface area contributed by atoms with Crippen molar-refractivity contribution in [2.24, 2.45) is 0 Å². The summed E-state index contributed by atoms with van der Waals surface area (Å²) in [6.45, 7) is -0.721. The zero-order chi connectivity index (χ0) is 10.4. The number of pyridine rings is 1. The second-order valence-corrected chi connectivity index (χ2v) is 2.98. The molecule has 1 aromatic heterocycles. The summed E-state index contributed by atoms with van der Waals surface area (Å²) in [6, 6.07) is 3.37. The molecule has 1 rings (SSSR count). The fourth-order valence-corrected chi connectivity index (χ4v) is 1.14. The minimum atomic E-state index is -2.80. The van der Waals surface area contributed by atoms with Crippen molar-refractivity contribution in [1.29, 1.82) is 0 Å². The molecule has 78 valence electrons. The first-order valence-electron chi connectivity index (χ1n) is 4.62. The van der Waals surface area contributed by atoms with Crippen molar-refractivity contribution in [3.05, 3.63) is 23.9 Å². The van der Waals surface area contributed by atoms with Crippen molar-refractivity contribution in [1.82, 2.24) is 4.98 Å². The molecule has 4 heteroatoms. The van der Waals surface area contributed by atoms with Crippen molar-refractivity contribution in [2.45, 2.75) is 32.8 Å². The fourth-order valence-electron chi connectivity index (χ4n) is 1.14. The summed E-state index contributed by atoms with van der Waals surface area (Å²) in [5.74, 6) is -0.00592. The average molecular weight is 201 g/mol. The van der Waals surface area contributed by atoms with E-state index in [1.54, 1.807) is 6.07 Å². The van der Waals surface area contributed by atoms with E-state index >= 15 is 0 Å². The molecular weight excluding hydrogens is 188 g/mol. The predicted octanol–water partition coefficient (Wildman–Crippen LogP) is 3.03. The number of nitrogens with zero attached hydrogens (tertiary/aromatic N) is 1. The first kappa shape index (κ1) is 10.9. The second-order valence-electron chi connectivity index (χ2n) is 2.98. The summed E-state index contributed by atoms with van der Waals surface area (Å²) >= 11 is 0. The number of alkyl halides is 2. The summed E-state index contributed by atoms with van der Waals surface area (Å²) in [7, 11) is 0. The Morgan fingerprint density at radius 1 is 1.50 bits per heavy atom. The molecule has 2 nitrogen and oxygen atoms in total. The largest absolute Gasteiger partial charge is 0.417 e. The molecule has 0 fully saturated rings. The van der Waals surface area contributed by atoms with Gasteiger partial charge in [0.05, 0.1) is 0 Å². The number of aryl methyl sites for hydroxylation is 1. The third-order valence-corrected chi connectivity index (χ3v) is 1.83. The quantitative estimate of drug-likeness (QED) is 0.730. The molecule has 0 bridgehead atoms. The highest BCUT2D eigenvalue weighted by molar-refractivity contribution is 5.20. The molecule has 1 aromatic rings. The predicted molar refractivity (Wildman–Crippen MR) is 49.5 cm³/mol. The highest BCUT2D eigenvalue weighted by Gasteiger charge is 2.05. The van der Waals surface area contributed by atoms with Crippen LogP contribution in [0.2, 0.25) is 0 Å². The van der Waals surface area contributed by atoms with Crippen LogP contribution in [0.3, 0.4) is 0 Å². The van der Waals surface area contributed by atoms with Gasteiger partial charge in [0.15, 0.2) is 0 Å². The van der Waals surface area contributed by atoms with E-state index in [0.717, 1.165) is 24.8 Å². The van der Waals surface area contributed by atoms with Crippen molar-refractivity contribution < 1.29 is 13.5 Å². The number of aromatic nitrogens is 1. The lowest BCUT2D eigenvalue weighted by Gasteiger charge is -2.04. The number of rotatable bonds is 5. The topological polar surface area (TPSA) is 22.1 Å². The van der Waals surface area contributed by atoms with E-state index in [-0.39, 0.29) is 5.88 Å². The zero-order valence-corrected chi connectivity index (χ0v) is 8.04. The van der Waals surface area contributed by atoms with Gasteiger partial charge in [-0.25, -0.2) is 4.98 Å². The Kier molecular flexibility index (Phi) is 4.29. The van der Waals surface area contributed by atoms with Gasteiger partial charge in [-0.05, 0) is 24.5 Å². The molecule has 0 atom stereocenters. The summed E-state index contributed by atoms with van der Waals surface area (Å²) in [6.07, 6.45) is 4.48. The van der Waals surface area contributed by atoms with E-state index in [9.17, 15) is 8.78 Å². The summed E-state index contributed by atoms with van der Waals surface area (Å²) < 4.78 is 27.9. The summed E-state index contributed by atoms with van der Waals surface area (Å²) in [5, 5.41) is 0. The molecule has 0 aromatic carbocycles. The van der Waals surface area contributed by atoms with Crippen LogP contribution < -0.4 is 4.74 Å². The van der Waals surface area contributed by atoms with Crippen LogP contribution in [-0.4, -0.2) is 11.6 Å². The van der Waals surface area contributed by atoms with Crippen molar-refractivity contribution in [3.8, 4) is 5.88 Å². The Bertz CT molecular complexity index is 279. The van der Waals surface area contributed by atoms with Gasteiger partial charge in [0.25, 0.3) is 0 Å². The molecule has 1 heterocycles. The van der Waals surface area contributed by atoms with Gasteiger partial charge in [-0.15, -0.1) is 0 Å². The van der Waals surface area contributed by atoms with Gasteiger partial charge in [-0.3, -0.25) is 0 Å². The SMILES string of the molecule is CCCCc1ccnc(OC(F)F)c1. The Hall–Kier alpha value is -1.19. The number of unbranched alkanes of at least 4 members (excludes halogenated alkanes) is 1. The molecule has 0 aliphatic heterocycles. The van der Waals surface area contributed by atoms with Crippen LogP contribution in [0.5, 0.6) is 5.88 Å². The van der Waals surface area contributed by atoms with Crippen molar-refractivity contribution in [2.75, 3.05) is 0 Å². The Morgan fingerprint density at radius 2 is 2.29 bits per heavy atom. The first-order valence-corrected chi connectivity index (χ1v) is 4.62. The molecule has 0 unspecified atom stereocenters. The van der Waals surface area contributed by atoms with Crippen molar-refractivity contribution >= 4 is 0 Å². The van der Waals surface area contributed by atoms with Crippen LogP contribution in [0.4, 0.5) is 8.78 Å². The van der Waals surface area contributed by atoms with Crippen LogP contribution in [0.1, 0.15) is 25.3 Å². The maximum atomic E-state index is 11.8. The monoisotopic (exact) mass is 201 g/mol. The highest BCUT2D eigenvalue weighted by atomic mass is 19.3. The van der Waals surface area contributed by atoms with E-state index in [2.05, 4.69) is 16.6 Å². The lowest BCUT2D eigenvalue weighted by molar-refractivity contribution is -0.0528. The van der Waals surface area contributed by atoms with Gasteiger partial charge in [0.1, 0.15) is 0 Å². The minimum absolute atomic E-state index is 0.00592. The van der Waals surface area contributed by atoms with Gasteiger partial charge < -0.3 is 4.74 Å². The smallest absolute Gasteiger partial charge is 0.388 e. The minimum Gasteiger partial charge on any atom is -0.417 e. The molecule has 0 spiro atoms. The third kappa shape index (κ3) is 3.68. The van der Waals surface area contributed by atoms with Gasteiger partial charge in [-0.1, -0.05) is 13.3 Å². The Labute approximate surface area is 81.9 Å². The van der Waals surface area contributed by atoms with Crippen LogP contribution in [-0.2, 0) is 6.42 Å². The van der Waals surface area contributed by atoms with Crippen LogP contribution >= 0.6 is 0 Å². The number of ether oxygens (including phenoxy) is 1. The number of hydrogen-bond acceptors (Lipinski definition) is 2. The lowest BCUT2D eigenvalue weighted by Crippen LogP contribution is -2.03. The van der Waals surface area contributed by atoms with E-state index in [4.69, 9.17) is 0 Å². The first-order chi connectivity index (χ1) is 6.72. The molecule has 0 aliphatic carbocycles. The second kappa shape index (κ2) is 5.52. The van der Waals surface area contributed by atoms with E-state index < -0.39 is 6.61 Å². The average Bonchev–Trinajstić information content (AvgIpc) is 2.14. The molecule has 0 saturated carbocycles. The van der Waals surface area contributed by atoms with Crippen molar-refractivity contribution in [3.63, 3.8) is 0 Å². The normalized spacial score (nSPS) is 10.6. The molecule has 0 N–H and O–H groups in total. The van der Waals surface area contributed by atoms with Crippen LogP contribution in [0.25, 0.3) is 0 Å². The van der Waals surface area contributed by atoms with Gasteiger partial charge in [-0.2, -0.15) is 8.78 Å². The molecule has 14 heavy (non-hydrogen) atoms. The molecular formula is C10H13F2NO. The Morgan fingerprint density at radius 3 is 2.93 bits per heavy atom. The number of hydrogen-bond donors (Lipinski definition) is 0. The van der Waals surface area contributed by atoms with Gasteiger partial charge >= 0.3 is 6.61 Å². The van der Waals surface area contributed by atoms with E-state index in [1.807, 2.05) is 6.07 Å². The molecule has 0 aliphatic rings. The van der Waals surface area contributed by atoms with Crippen LogP contribution in [0, 0.1) is 0 Å². The van der Waals surface area contributed by atoms with Gasteiger partial charge in [0.2, 0.25) is 5.88 Å². The maximum Gasteiger partial charge on any atom is 0.388 e. The fraction of sp³-hybridized carbons (Fsp3) is 0.500. The molecule has 0 amide bonds. The zero-order valence-electron chi connectivity index (χ0n) is 8.04. The Balaban J connectivity index is 2.59. The summed E-state index contributed by atoms with van der Waals surface area (Å²) in [5.41, 5.74) is 0.984. The third-order valence-electron chi connectivity index (χ3n) is 1.83. The van der Waals surface area contributed by atoms with Gasteiger partial charge in [0, 0.05) is 12.3 Å². The molecule has 0 saturated heterocycles. The lowest BCUT2D eigenvalue weighted by atomic mass is 10.1. The standard InChI is InChI=1S/C10H13F2NO/c1-2-3-4-8-5-6-13-9(7-8)14-10(11)12/h5-7,10H,2-4H2,1H3. The molecule has 0 radical (unpaired) electrons. The number of halogens is 2. The highest BCUT2D eigenvalue weighted by Crippen LogP contribution is 2.13.